The maximum Gasteiger partial charge on any atom is 0.200 e. The van der Waals surface area contributed by atoms with E-state index in [0.717, 1.165) is 25.9 Å². The van der Waals surface area contributed by atoms with Gasteiger partial charge in [-0.3, -0.25) is 0 Å². The molecule has 0 spiro atoms. The average molecular weight is 385 g/mol. The van der Waals surface area contributed by atoms with Crippen LogP contribution in [0.2, 0.25) is 16.6 Å². The number of rotatable bonds is 10. The molecular weight excluding hydrogens is 340 g/mol. The number of hydrogen-bond acceptors (Lipinski definition) is 3. The van der Waals surface area contributed by atoms with E-state index in [4.69, 9.17) is 9.16 Å². The minimum atomic E-state index is -1.81. The molecule has 0 saturated carbocycles. The summed E-state index contributed by atoms with van der Waals surface area (Å²) in [5, 5.41) is 10.2. The smallest absolute Gasteiger partial charge is 0.200 e. The van der Waals surface area contributed by atoms with Gasteiger partial charge in [0, 0.05) is 13.0 Å². The lowest BCUT2D eigenvalue weighted by Gasteiger charge is -2.42. The first-order chi connectivity index (χ1) is 12.0. The SMILES string of the molecule is C=C1C[C@H](CCO[Si](C(C)C)(C(C)C)C(C)C)O[C@H](CC(O)C(C)C)C1. The predicted molar refractivity (Wildman–Crippen MR) is 114 cm³/mol. The number of aliphatic hydroxyl groups is 1. The zero-order valence-corrected chi connectivity index (χ0v) is 19.5. The Morgan fingerprint density at radius 3 is 1.96 bits per heavy atom. The van der Waals surface area contributed by atoms with E-state index in [1.807, 2.05) is 0 Å². The number of hydrogen-bond donors (Lipinski definition) is 1. The van der Waals surface area contributed by atoms with E-state index in [0.29, 0.717) is 23.0 Å². The molecule has 3 atom stereocenters. The Morgan fingerprint density at radius 1 is 1.00 bits per heavy atom. The van der Waals surface area contributed by atoms with Crippen LogP contribution < -0.4 is 0 Å². The molecule has 154 valence electrons. The van der Waals surface area contributed by atoms with Gasteiger partial charge in [0.15, 0.2) is 8.32 Å². The largest absolute Gasteiger partial charge is 0.416 e. The van der Waals surface area contributed by atoms with Gasteiger partial charge in [-0.2, -0.15) is 0 Å². The van der Waals surface area contributed by atoms with Crippen LogP contribution in [0.1, 0.15) is 81.1 Å². The van der Waals surface area contributed by atoms with Crippen LogP contribution in [-0.4, -0.2) is 38.3 Å². The second kappa shape index (κ2) is 10.4. The number of aliphatic hydroxyl groups excluding tert-OH is 1. The van der Waals surface area contributed by atoms with E-state index in [1.165, 1.54) is 5.57 Å². The van der Waals surface area contributed by atoms with Gasteiger partial charge in [-0.25, -0.2) is 0 Å². The number of ether oxygens (including phenoxy) is 1. The molecule has 1 unspecified atom stereocenters. The highest BCUT2D eigenvalue weighted by Crippen LogP contribution is 2.42. The highest BCUT2D eigenvalue weighted by molar-refractivity contribution is 6.77. The van der Waals surface area contributed by atoms with Crippen LogP contribution in [0, 0.1) is 5.92 Å². The molecule has 1 aliphatic heterocycles. The van der Waals surface area contributed by atoms with Crippen molar-refractivity contribution in [1.82, 2.24) is 0 Å². The molecule has 0 aromatic rings. The van der Waals surface area contributed by atoms with Gasteiger partial charge in [0.1, 0.15) is 0 Å². The third kappa shape index (κ3) is 6.18. The minimum absolute atomic E-state index is 0.0981. The molecule has 1 rings (SSSR count). The summed E-state index contributed by atoms with van der Waals surface area (Å²) in [6.07, 6.45) is 3.41. The molecule has 1 heterocycles. The van der Waals surface area contributed by atoms with Gasteiger partial charge in [-0.05, 0) is 41.8 Å². The summed E-state index contributed by atoms with van der Waals surface area (Å²) in [5.41, 5.74) is 3.08. The van der Waals surface area contributed by atoms with E-state index in [-0.39, 0.29) is 24.2 Å². The topological polar surface area (TPSA) is 38.7 Å². The Morgan fingerprint density at radius 2 is 1.50 bits per heavy atom. The van der Waals surface area contributed by atoms with Crippen molar-refractivity contribution in [3.63, 3.8) is 0 Å². The van der Waals surface area contributed by atoms with Crippen molar-refractivity contribution in [2.45, 2.75) is 116 Å². The second-order valence-corrected chi connectivity index (χ2v) is 15.0. The first-order valence-corrected chi connectivity index (χ1v) is 12.8. The molecule has 1 N–H and O–H groups in total. The van der Waals surface area contributed by atoms with E-state index in [9.17, 15) is 5.11 Å². The summed E-state index contributed by atoms with van der Waals surface area (Å²) in [5.74, 6) is 0.269. The first kappa shape index (κ1) is 23.9. The molecule has 0 radical (unpaired) electrons. The maximum absolute atomic E-state index is 10.2. The minimum Gasteiger partial charge on any atom is -0.416 e. The summed E-state index contributed by atoms with van der Waals surface area (Å²) in [7, 11) is -1.81. The molecular formula is C22H44O3Si. The lowest BCUT2D eigenvalue weighted by molar-refractivity contribution is -0.0643. The molecule has 0 aromatic heterocycles. The van der Waals surface area contributed by atoms with Crippen molar-refractivity contribution in [3.05, 3.63) is 12.2 Å². The summed E-state index contributed by atoms with van der Waals surface area (Å²) < 4.78 is 13.0. The van der Waals surface area contributed by atoms with Crippen LogP contribution in [0.25, 0.3) is 0 Å². The summed E-state index contributed by atoms with van der Waals surface area (Å²) >= 11 is 0. The van der Waals surface area contributed by atoms with Gasteiger partial charge < -0.3 is 14.3 Å². The molecule has 1 aliphatic rings. The standard InChI is InChI=1S/C22H44O3Si/c1-15(2)22(23)14-21-13-19(9)12-20(25-21)10-11-24-26(16(3)4,17(5)6)18(7)8/h15-18,20-23H,9-14H2,1-8H3/t20-,21-,22?/m0/s1. The Bertz CT molecular complexity index is 409. The lowest BCUT2D eigenvalue weighted by atomic mass is 9.92. The van der Waals surface area contributed by atoms with Crippen molar-refractivity contribution in [2.75, 3.05) is 6.61 Å². The monoisotopic (exact) mass is 384 g/mol. The summed E-state index contributed by atoms with van der Waals surface area (Å²) in [4.78, 5) is 0. The van der Waals surface area contributed by atoms with Crippen molar-refractivity contribution in [1.29, 1.82) is 0 Å². The van der Waals surface area contributed by atoms with Crippen LogP contribution >= 0.6 is 0 Å². The summed E-state index contributed by atoms with van der Waals surface area (Å²) in [6, 6.07) is 0. The van der Waals surface area contributed by atoms with Crippen LogP contribution in [-0.2, 0) is 9.16 Å². The second-order valence-electron chi connectivity index (χ2n) is 9.54. The third-order valence-corrected chi connectivity index (χ3v) is 12.3. The van der Waals surface area contributed by atoms with E-state index < -0.39 is 8.32 Å². The zero-order valence-electron chi connectivity index (χ0n) is 18.5. The van der Waals surface area contributed by atoms with Gasteiger partial charge in [0.2, 0.25) is 0 Å². The fourth-order valence-electron chi connectivity index (χ4n) is 4.81. The third-order valence-electron chi connectivity index (χ3n) is 6.19. The van der Waals surface area contributed by atoms with Crippen LogP contribution in [0.4, 0.5) is 0 Å². The van der Waals surface area contributed by atoms with Gasteiger partial charge in [0.25, 0.3) is 0 Å². The Kier molecular flexibility index (Phi) is 9.55. The molecule has 3 nitrogen and oxygen atoms in total. The normalized spacial score (nSPS) is 23.5. The molecule has 0 aromatic carbocycles. The first-order valence-electron chi connectivity index (χ1n) is 10.6. The predicted octanol–water partition coefficient (Wildman–Crippen LogP) is 6.08. The molecule has 0 bridgehead atoms. The molecule has 1 fully saturated rings. The molecule has 4 heteroatoms. The molecule has 0 amide bonds. The fraction of sp³-hybridized carbons (Fsp3) is 0.909. The Hall–Kier alpha value is -0.163. The van der Waals surface area contributed by atoms with Gasteiger partial charge in [-0.15, -0.1) is 0 Å². The van der Waals surface area contributed by atoms with E-state index in [1.54, 1.807) is 0 Å². The van der Waals surface area contributed by atoms with Crippen molar-refractivity contribution in [3.8, 4) is 0 Å². The van der Waals surface area contributed by atoms with Crippen LogP contribution in [0.3, 0.4) is 0 Å². The summed E-state index contributed by atoms with van der Waals surface area (Å²) in [6.45, 7) is 23.1. The fourth-order valence-corrected chi connectivity index (χ4v) is 10.3. The molecule has 1 saturated heterocycles. The molecule has 0 aliphatic carbocycles. The Labute approximate surface area is 163 Å². The lowest BCUT2D eigenvalue weighted by Crippen LogP contribution is -2.48. The molecule has 26 heavy (non-hydrogen) atoms. The van der Waals surface area contributed by atoms with Crippen molar-refractivity contribution >= 4 is 8.32 Å². The van der Waals surface area contributed by atoms with Crippen molar-refractivity contribution < 1.29 is 14.3 Å². The van der Waals surface area contributed by atoms with Crippen LogP contribution in [0.5, 0.6) is 0 Å². The van der Waals surface area contributed by atoms with Gasteiger partial charge in [0.05, 0.1) is 18.3 Å². The van der Waals surface area contributed by atoms with Crippen LogP contribution in [0.15, 0.2) is 12.2 Å². The van der Waals surface area contributed by atoms with Gasteiger partial charge in [-0.1, -0.05) is 67.5 Å². The average Bonchev–Trinajstić information content (AvgIpc) is 2.49. The maximum atomic E-state index is 10.2. The van der Waals surface area contributed by atoms with E-state index >= 15 is 0 Å². The Balaban J connectivity index is 2.63. The van der Waals surface area contributed by atoms with Crippen molar-refractivity contribution in [2.24, 2.45) is 5.92 Å². The quantitative estimate of drug-likeness (QED) is 0.366. The zero-order chi connectivity index (χ0) is 20.1. The highest BCUT2D eigenvalue weighted by atomic mass is 28.4. The van der Waals surface area contributed by atoms with Gasteiger partial charge >= 0.3 is 0 Å². The highest BCUT2D eigenvalue weighted by Gasteiger charge is 2.45. The van der Waals surface area contributed by atoms with E-state index in [2.05, 4.69) is 62.0 Å².